The van der Waals surface area contributed by atoms with E-state index in [1.165, 1.54) is 0 Å². The van der Waals surface area contributed by atoms with E-state index >= 15 is 0 Å². The van der Waals surface area contributed by atoms with Crippen LogP contribution in [0.15, 0.2) is 83.7 Å². The molecule has 1 aromatic carbocycles. The second-order valence-corrected chi connectivity index (χ2v) is 7.40. The first-order valence-corrected chi connectivity index (χ1v) is 10.2. The zero-order valence-corrected chi connectivity index (χ0v) is 17.2. The molecule has 0 fully saturated rings. The highest BCUT2D eigenvalue weighted by Gasteiger charge is 2.18. The van der Waals surface area contributed by atoms with Gasteiger partial charge in [0.1, 0.15) is 29.3 Å². The summed E-state index contributed by atoms with van der Waals surface area (Å²) in [6.07, 6.45) is 5.86. The monoisotopic (exact) mass is 422 g/mol. The van der Waals surface area contributed by atoms with E-state index in [0.29, 0.717) is 24.1 Å². The Hall–Kier alpha value is -4.46. The van der Waals surface area contributed by atoms with Gasteiger partial charge in [0.05, 0.1) is 11.4 Å². The van der Waals surface area contributed by atoms with Crippen molar-refractivity contribution in [2.45, 2.75) is 13.5 Å². The fourth-order valence-electron chi connectivity index (χ4n) is 3.74. The number of nitrogens with zero attached hydrogens (tertiary/aromatic N) is 6. The summed E-state index contributed by atoms with van der Waals surface area (Å²) in [4.78, 5) is 9.12. The maximum absolute atomic E-state index is 6.01. The third kappa shape index (κ3) is 3.18. The molecule has 0 aliphatic carbocycles. The zero-order valence-electron chi connectivity index (χ0n) is 17.2. The average Bonchev–Trinajstić information content (AvgIpc) is 3.53. The van der Waals surface area contributed by atoms with Gasteiger partial charge in [0, 0.05) is 24.2 Å². The summed E-state index contributed by atoms with van der Waals surface area (Å²) < 4.78 is 15.9. The van der Waals surface area contributed by atoms with E-state index in [9.17, 15) is 0 Å². The van der Waals surface area contributed by atoms with Crippen LogP contribution >= 0.6 is 0 Å². The Balaban J connectivity index is 1.26. The second kappa shape index (κ2) is 7.35. The van der Waals surface area contributed by atoms with E-state index in [2.05, 4.69) is 20.2 Å². The smallest absolute Gasteiger partial charge is 0.266 e. The highest BCUT2D eigenvalue weighted by Crippen LogP contribution is 2.28. The second-order valence-electron chi connectivity index (χ2n) is 7.40. The molecule has 32 heavy (non-hydrogen) atoms. The molecule has 0 radical (unpaired) electrons. The lowest BCUT2D eigenvalue weighted by molar-refractivity contribution is 0.302. The Labute approximate surface area is 182 Å². The molecule has 0 saturated heterocycles. The van der Waals surface area contributed by atoms with Crippen molar-refractivity contribution in [1.29, 1.82) is 0 Å². The maximum Gasteiger partial charge on any atom is 0.266 e. The number of aryl methyl sites for hydroxylation is 1. The molecule has 6 rings (SSSR count). The van der Waals surface area contributed by atoms with Gasteiger partial charge in [-0.2, -0.15) is 0 Å². The molecule has 5 heterocycles. The topological polar surface area (TPSA) is 82.8 Å². The number of fused-ring (bicyclic) bond motifs is 2. The third-order valence-electron chi connectivity index (χ3n) is 5.21. The Morgan fingerprint density at radius 1 is 0.875 bits per heavy atom. The summed E-state index contributed by atoms with van der Waals surface area (Å²) >= 11 is 0. The van der Waals surface area contributed by atoms with Crippen LogP contribution < -0.4 is 4.74 Å². The Morgan fingerprint density at radius 2 is 1.72 bits per heavy atom. The van der Waals surface area contributed by atoms with E-state index in [-0.39, 0.29) is 0 Å². The zero-order chi connectivity index (χ0) is 21.5. The van der Waals surface area contributed by atoms with Crippen LogP contribution in [-0.4, -0.2) is 29.0 Å². The fourth-order valence-corrected chi connectivity index (χ4v) is 3.74. The summed E-state index contributed by atoms with van der Waals surface area (Å²) in [6, 6.07) is 19.3. The van der Waals surface area contributed by atoms with Gasteiger partial charge in [0.15, 0.2) is 0 Å². The molecule has 0 saturated carbocycles. The summed E-state index contributed by atoms with van der Waals surface area (Å²) in [5.74, 6) is 1.54. The summed E-state index contributed by atoms with van der Waals surface area (Å²) in [5.41, 5.74) is 4.98. The van der Waals surface area contributed by atoms with Crippen molar-refractivity contribution in [3.05, 3.63) is 90.6 Å². The van der Waals surface area contributed by atoms with Crippen molar-refractivity contribution >= 4 is 11.3 Å². The Kier molecular flexibility index (Phi) is 4.21. The first-order valence-electron chi connectivity index (χ1n) is 10.2. The molecular formula is C24H18N6O2. The number of benzene rings is 1. The molecule has 0 aliphatic heterocycles. The van der Waals surface area contributed by atoms with Gasteiger partial charge in [0.25, 0.3) is 5.89 Å². The van der Waals surface area contributed by atoms with Crippen LogP contribution in [0.4, 0.5) is 0 Å². The molecule has 0 aliphatic rings. The molecule has 0 unspecified atom stereocenters. The van der Waals surface area contributed by atoms with Gasteiger partial charge in [-0.1, -0.05) is 18.2 Å². The highest BCUT2D eigenvalue weighted by molar-refractivity contribution is 5.62. The minimum Gasteiger partial charge on any atom is -0.487 e. The fraction of sp³-hybridized carbons (Fsp3) is 0.0833. The Bertz CT molecular complexity index is 1530. The van der Waals surface area contributed by atoms with Crippen molar-refractivity contribution < 1.29 is 9.15 Å². The van der Waals surface area contributed by atoms with Crippen LogP contribution in [-0.2, 0) is 6.61 Å². The third-order valence-corrected chi connectivity index (χ3v) is 5.21. The summed E-state index contributed by atoms with van der Waals surface area (Å²) in [5, 5.41) is 8.51. The van der Waals surface area contributed by atoms with Gasteiger partial charge in [-0.05, 0) is 49.4 Å². The van der Waals surface area contributed by atoms with Gasteiger partial charge >= 0.3 is 0 Å². The lowest BCUT2D eigenvalue weighted by atomic mass is 10.2. The molecule has 6 aromatic rings. The number of aromatic nitrogens is 6. The standard InChI is InChI=1S/C24H18N6O2/c1-16-22(30-12-5-3-10-21(30)25-16)24-28-27-23(32-24)17-7-6-8-19(13-17)31-15-18-14-29-11-4-2-9-20(29)26-18/h2-14H,15H2,1H3. The van der Waals surface area contributed by atoms with Crippen LogP contribution in [0.3, 0.4) is 0 Å². The predicted octanol–water partition coefficient (Wildman–Crippen LogP) is 4.59. The van der Waals surface area contributed by atoms with Crippen LogP contribution in [0.1, 0.15) is 11.4 Å². The van der Waals surface area contributed by atoms with Gasteiger partial charge < -0.3 is 13.6 Å². The van der Waals surface area contributed by atoms with Gasteiger partial charge in [0.2, 0.25) is 5.89 Å². The lowest BCUT2D eigenvalue weighted by Gasteiger charge is -2.05. The number of imidazole rings is 2. The van der Waals surface area contributed by atoms with E-state index in [0.717, 1.165) is 33.9 Å². The number of rotatable bonds is 5. The molecule has 8 heteroatoms. The molecule has 156 valence electrons. The van der Waals surface area contributed by atoms with Gasteiger partial charge in [-0.3, -0.25) is 4.40 Å². The highest BCUT2D eigenvalue weighted by atomic mass is 16.5. The number of ether oxygens (including phenoxy) is 1. The Morgan fingerprint density at radius 3 is 2.62 bits per heavy atom. The van der Waals surface area contributed by atoms with E-state index in [1.54, 1.807) is 0 Å². The molecule has 0 spiro atoms. The molecule has 5 aromatic heterocycles. The summed E-state index contributed by atoms with van der Waals surface area (Å²) in [7, 11) is 0. The quantitative estimate of drug-likeness (QED) is 0.404. The molecular weight excluding hydrogens is 404 g/mol. The average molecular weight is 422 g/mol. The van der Waals surface area contributed by atoms with E-state index < -0.39 is 0 Å². The van der Waals surface area contributed by atoms with Crippen molar-refractivity contribution in [1.82, 2.24) is 29.0 Å². The predicted molar refractivity (Wildman–Crippen MR) is 118 cm³/mol. The summed E-state index contributed by atoms with van der Waals surface area (Å²) in [6.45, 7) is 2.29. The van der Waals surface area contributed by atoms with Crippen molar-refractivity contribution in [2.75, 3.05) is 0 Å². The van der Waals surface area contributed by atoms with Crippen molar-refractivity contribution in [3.8, 4) is 28.8 Å². The first-order chi connectivity index (χ1) is 15.7. The van der Waals surface area contributed by atoms with Crippen molar-refractivity contribution in [2.24, 2.45) is 0 Å². The SMILES string of the molecule is Cc1nc2ccccn2c1-c1nnc(-c2cccc(OCc3cn4ccccc4n3)c2)o1. The minimum absolute atomic E-state index is 0.362. The van der Waals surface area contributed by atoms with Crippen LogP contribution in [0.5, 0.6) is 5.75 Å². The van der Waals surface area contributed by atoms with Gasteiger partial charge in [-0.15, -0.1) is 10.2 Å². The number of hydrogen-bond donors (Lipinski definition) is 0. The molecule has 8 nitrogen and oxygen atoms in total. The molecule has 0 N–H and O–H groups in total. The van der Waals surface area contributed by atoms with Crippen molar-refractivity contribution in [3.63, 3.8) is 0 Å². The first kappa shape index (κ1) is 18.3. The van der Waals surface area contributed by atoms with Crippen LogP contribution in [0.25, 0.3) is 34.3 Å². The van der Waals surface area contributed by atoms with Gasteiger partial charge in [-0.25, -0.2) is 9.97 Å². The van der Waals surface area contributed by atoms with E-state index in [1.807, 2.05) is 95.0 Å². The molecule has 0 atom stereocenters. The lowest BCUT2D eigenvalue weighted by Crippen LogP contribution is -1.95. The van der Waals surface area contributed by atoms with Crippen LogP contribution in [0, 0.1) is 6.92 Å². The van der Waals surface area contributed by atoms with E-state index in [4.69, 9.17) is 9.15 Å². The van der Waals surface area contributed by atoms with Crippen LogP contribution in [0.2, 0.25) is 0 Å². The normalized spacial score (nSPS) is 11.4. The number of hydrogen-bond acceptors (Lipinski definition) is 6. The minimum atomic E-state index is 0.362. The largest absolute Gasteiger partial charge is 0.487 e. The number of pyridine rings is 2. The molecule has 0 amide bonds. The maximum atomic E-state index is 6.01. The molecule has 0 bridgehead atoms.